The van der Waals surface area contributed by atoms with E-state index in [9.17, 15) is 9.59 Å². The molecule has 7 heteroatoms. The SMILES string of the molecule is CCOc1ccccc1NC(=O)c1cc(C(=O)Nc2ccccc2OC)ccn1. The van der Waals surface area contributed by atoms with Crippen molar-refractivity contribution < 1.29 is 19.1 Å². The number of ether oxygens (including phenoxy) is 2. The maximum Gasteiger partial charge on any atom is 0.274 e. The molecule has 1 aromatic heterocycles. The van der Waals surface area contributed by atoms with Gasteiger partial charge in [0.25, 0.3) is 11.8 Å². The average molecular weight is 391 g/mol. The Bertz CT molecular complexity index is 1020. The van der Waals surface area contributed by atoms with Gasteiger partial charge in [0, 0.05) is 11.8 Å². The largest absolute Gasteiger partial charge is 0.495 e. The third kappa shape index (κ3) is 4.90. The summed E-state index contributed by atoms with van der Waals surface area (Å²) in [5.41, 5.74) is 1.48. The highest BCUT2D eigenvalue weighted by Gasteiger charge is 2.15. The van der Waals surface area contributed by atoms with Gasteiger partial charge >= 0.3 is 0 Å². The van der Waals surface area contributed by atoms with Crippen molar-refractivity contribution in [2.24, 2.45) is 0 Å². The van der Waals surface area contributed by atoms with Crippen LogP contribution in [0.3, 0.4) is 0 Å². The zero-order valence-electron chi connectivity index (χ0n) is 16.1. The van der Waals surface area contributed by atoms with Crippen molar-refractivity contribution in [3.63, 3.8) is 0 Å². The van der Waals surface area contributed by atoms with Crippen LogP contribution in [0, 0.1) is 0 Å². The summed E-state index contributed by atoms with van der Waals surface area (Å²) in [6.07, 6.45) is 1.42. The normalized spacial score (nSPS) is 10.1. The van der Waals surface area contributed by atoms with Crippen LogP contribution in [0.4, 0.5) is 11.4 Å². The molecule has 0 bridgehead atoms. The molecule has 0 saturated heterocycles. The maximum absolute atomic E-state index is 12.6. The molecule has 2 amide bonds. The van der Waals surface area contributed by atoms with Gasteiger partial charge in [-0.15, -0.1) is 0 Å². The van der Waals surface area contributed by atoms with E-state index in [-0.39, 0.29) is 11.6 Å². The van der Waals surface area contributed by atoms with Crippen molar-refractivity contribution in [2.45, 2.75) is 6.92 Å². The Kier molecular flexibility index (Phi) is 6.42. The number of para-hydroxylation sites is 4. The van der Waals surface area contributed by atoms with Crippen molar-refractivity contribution in [1.29, 1.82) is 0 Å². The average Bonchev–Trinajstić information content (AvgIpc) is 2.75. The molecule has 0 radical (unpaired) electrons. The van der Waals surface area contributed by atoms with Crippen molar-refractivity contribution in [2.75, 3.05) is 24.4 Å². The Morgan fingerprint density at radius 1 is 0.897 bits per heavy atom. The highest BCUT2D eigenvalue weighted by molar-refractivity contribution is 6.08. The number of hydrogen-bond donors (Lipinski definition) is 2. The molecule has 1 heterocycles. The van der Waals surface area contributed by atoms with Crippen LogP contribution in [-0.4, -0.2) is 30.5 Å². The molecule has 29 heavy (non-hydrogen) atoms. The molecule has 0 fully saturated rings. The van der Waals surface area contributed by atoms with Gasteiger partial charge in [0.15, 0.2) is 0 Å². The first kappa shape index (κ1) is 19.9. The highest BCUT2D eigenvalue weighted by atomic mass is 16.5. The predicted molar refractivity (Wildman–Crippen MR) is 111 cm³/mol. The van der Waals surface area contributed by atoms with Gasteiger partial charge in [0.2, 0.25) is 0 Å². The van der Waals surface area contributed by atoms with E-state index in [1.807, 2.05) is 19.1 Å². The van der Waals surface area contributed by atoms with Gasteiger partial charge in [-0.05, 0) is 43.3 Å². The van der Waals surface area contributed by atoms with E-state index >= 15 is 0 Å². The van der Waals surface area contributed by atoms with E-state index in [0.717, 1.165) is 0 Å². The fourth-order valence-electron chi connectivity index (χ4n) is 2.68. The second-order valence-electron chi connectivity index (χ2n) is 5.97. The smallest absolute Gasteiger partial charge is 0.274 e. The molecule has 2 aromatic carbocycles. The Morgan fingerprint density at radius 2 is 1.52 bits per heavy atom. The minimum absolute atomic E-state index is 0.115. The number of rotatable bonds is 7. The van der Waals surface area contributed by atoms with Crippen LogP contribution >= 0.6 is 0 Å². The molecule has 2 N–H and O–H groups in total. The quantitative estimate of drug-likeness (QED) is 0.636. The standard InChI is InChI=1S/C22H21N3O4/c1-3-29-20-11-7-5-9-17(20)25-22(27)18-14-15(12-13-23-18)21(26)24-16-8-4-6-10-19(16)28-2/h4-14H,3H2,1-2H3,(H,24,26)(H,25,27). The van der Waals surface area contributed by atoms with E-state index in [0.29, 0.717) is 35.0 Å². The molecule has 0 unspecified atom stereocenters. The van der Waals surface area contributed by atoms with Gasteiger partial charge in [-0.3, -0.25) is 14.6 Å². The van der Waals surface area contributed by atoms with Crippen LogP contribution in [-0.2, 0) is 0 Å². The van der Waals surface area contributed by atoms with Crippen molar-refractivity contribution >= 4 is 23.2 Å². The first-order chi connectivity index (χ1) is 14.1. The predicted octanol–water partition coefficient (Wildman–Crippen LogP) is 3.99. The summed E-state index contributed by atoms with van der Waals surface area (Å²) >= 11 is 0. The number of carbonyl (C=O) groups excluding carboxylic acids is 2. The number of benzene rings is 2. The third-order valence-electron chi connectivity index (χ3n) is 4.05. The summed E-state index contributed by atoms with van der Waals surface area (Å²) in [5.74, 6) is 0.290. The first-order valence-electron chi connectivity index (χ1n) is 9.06. The zero-order chi connectivity index (χ0) is 20.6. The lowest BCUT2D eigenvalue weighted by atomic mass is 10.2. The minimum Gasteiger partial charge on any atom is -0.495 e. The molecule has 0 aliphatic rings. The summed E-state index contributed by atoms with van der Waals surface area (Å²) in [6.45, 7) is 2.34. The number of hydrogen-bond acceptors (Lipinski definition) is 5. The van der Waals surface area contributed by atoms with E-state index in [2.05, 4.69) is 15.6 Å². The Balaban J connectivity index is 1.77. The number of nitrogens with zero attached hydrogens (tertiary/aromatic N) is 1. The summed E-state index contributed by atoms with van der Waals surface area (Å²) in [4.78, 5) is 29.3. The molecule has 0 saturated carbocycles. The van der Waals surface area contributed by atoms with Crippen LogP contribution in [0.1, 0.15) is 27.8 Å². The number of methoxy groups -OCH3 is 1. The fourth-order valence-corrected chi connectivity index (χ4v) is 2.68. The van der Waals surface area contributed by atoms with Gasteiger partial charge < -0.3 is 20.1 Å². The molecule has 0 atom stereocenters. The summed E-state index contributed by atoms with van der Waals surface area (Å²) < 4.78 is 10.8. The minimum atomic E-state index is -0.441. The Hall–Kier alpha value is -3.87. The number of amides is 2. The second kappa shape index (κ2) is 9.36. The number of pyridine rings is 1. The lowest BCUT2D eigenvalue weighted by Crippen LogP contribution is -2.17. The number of nitrogens with one attached hydrogen (secondary N) is 2. The van der Waals surface area contributed by atoms with Crippen LogP contribution < -0.4 is 20.1 Å². The molecule has 7 nitrogen and oxygen atoms in total. The molecule has 0 aliphatic carbocycles. The number of aromatic nitrogens is 1. The van der Waals surface area contributed by atoms with Gasteiger partial charge in [-0.1, -0.05) is 24.3 Å². The van der Waals surface area contributed by atoms with E-state index in [1.54, 1.807) is 36.4 Å². The molecular formula is C22H21N3O4. The molecular weight excluding hydrogens is 370 g/mol. The van der Waals surface area contributed by atoms with E-state index < -0.39 is 5.91 Å². The Labute approximate surface area is 168 Å². The van der Waals surface area contributed by atoms with Crippen LogP contribution in [0.5, 0.6) is 11.5 Å². The zero-order valence-corrected chi connectivity index (χ0v) is 16.1. The number of anilines is 2. The van der Waals surface area contributed by atoms with Crippen molar-refractivity contribution in [1.82, 2.24) is 4.98 Å². The maximum atomic E-state index is 12.6. The van der Waals surface area contributed by atoms with Crippen LogP contribution in [0.2, 0.25) is 0 Å². The van der Waals surface area contributed by atoms with Gasteiger partial charge in [0.05, 0.1) is 25.1 Å². The summed E-state index contributed by atoms with van der Waals surface area (Å²) in [5, 5.41) is 5.54. The van der Waals surface area contributed by atoms with Crippen molar-refractivity contribution in [3.05, 3.63) is 78.1 Å². The number of carbonyl (C=O) groups is 2. The van der Waals surface area contributed by atoms with Crippen molar-refractivity contribution in [3.8, 4) is 11.5 Å². The molecule has 3 aromatic rings. The second-order valence-corrected chi connectivity index (χ2v) is 5.97. The lowest BCUT2D eigenvalue weighted by Gasteiger charge is -2.12. The van der Waals surface area contributed by atoms with Crippen LogP contribution in [0.25, 0.3) is 0 Å². The molecule has 148 valence electrons. The monoisotopic (exact) mass is 391 g/mol. The van der Waals surface area contributed by atoms with Gasteiger partial charge in [0.1, 0.15) is 17.2 Å². The molecule has 0 aliphatic heterocycles. The first-order valence-corrected chi connectivity index (χ1v) is 9.06. The lowest BCUT2D eigenvalue weighted by molar-refractivity contribution is 0.102. The molecule has 3 rings (SSSR count). The topological polar surface area (TPSA) is 89.5 Å². The fraction of sp³-hybridized carbons (Fsp3) is 0.136. The summed E-state index contributed by atoms with van der Waals surface area (Å²) in [7, 11) is 1.53. The Morgan fingerprint density at radius 3 is 2.21 bits per heavy atom. The van der Waals surface area contributed by atoms with E-state index in [1.165, 1.54) is 25.4 Å². The molecule has 0 spiro atoms. The highest BCUT2D eigenvalue weighted by Crippen LogP contribution is 2.25. The third-order valence-corrected chi connectivity index (χ3v) is 4.05. The summed E-state index contributed by atoms with van der Waals surface area (Å²) in [6, 6.07) is 17.2. The van der Waals surface area contributed by atoms with Gasteiger partial charge in [-0.25, -0.2) is 0 Å². The van der Waals surface area contributed by atoms with Gasteiger partial charge in [-0.2, -0.15) is 0 Å². The van der Waals surface area contributed by atoms with E-state index in [4.69, 9.17) is 9.47 Å². The van der Waals surface area contributed by atoms with Crippen LogP contribution in [0.15, 0.2) is 66.9 Å².